The molecule has 1 aliphatic rings. The second kappa shape index (κ2) is 8.87. The number of halogens is 1. The minimum Gasteiger partial charge on any atom is -0.339 e. The second-order valence-electron chi connectivity index (χ2n) is 7.52. The summed E-state index contributed by atoms with van der Waals surface area (Å²) < 4.78 is 0. The summed E-state index contributed by atoms with van der Waals surface area (Å²) in [4.78, 5) is 26.9. The van der Waals surface area contributed by atoms with Crippen molar-refractivity contribution in [3.63, 3.8) is 0 Å². The zero-order chi connectivity index (χ0) is 19.3. The number of nitrogens with two attached hydrogens (primary N) is 1. The third kappa shape index (κ3) is 4.98. The summed E-state index contributed by atoms with van der Waals surface area (Å²) in [7, 11) is 1.84. The molecule has 26 heavy (non-hydrogen) atoms. The number of hydrogen-bond acceptors (Lipinski definition) is 3. The highest BCUT2D eigenvalue weighted by Crippen LogP contribution is 2.27. The lowest BCUT2D eigenvalue weighted by molar-refractivity contribution is -0.120. The van der Waals surface area contributed by atoms with E-state index in [0.29, 0.717) is 22.7 Å². The van der Waals surface area contributed by atoms with E-state index in [9.17, 15) is 9.59 Å². The van der Waals surface area contributed by atoms with Crippen LogP contribution in [0.3, 0.4) is 0 Å². The highest BCUT2D eigenvalue weighted by Gasteiger charge is 2.28. The fraction of sp³-hybridized carbons (Fsp3) is 0.600. The van der Waals surface area contributed by atoms with Gasteiger partial charge in [-0.25, -0.2) is 0 Å². The summed E-state index contributed by atoms with van der Waals surface area (Å²) in [6.45, 7) is 3.70. The Morgan fingerprint density at radius 2 is 1.96 bits per heavy atom. The first-order valence-corrected chi connectivity index (χ1v) is 9.81. The van der Waals surface area contributed by atoms with Crippen LogP contribution in [0.2, 0.25) is 5.02 Å². The van der Waals surface area contributed by atoms with Crippen LogP contribution in [0, 0.1) is 0 Å². The lowest BCUT2D eigenvalue weighted by Gasteiger charge is -2.31. The topological polar surface area (TPSA) is 75.4 Å². The van der Waals surface area contributed by atoms with Gasteiger partial charge in [-0.3, -0.25) is 9.59 Å². The molecule has 0 aromatic heterocycles. The lowest BCUT2D eigenvalue weighted by atomic mass is 9.94. The van der Waals surface area contributed by atoms with Crippen LogP contribution in [0.1, 0.15) is 69.2 Å². The Morgan fingerprint density at radius 1 is 1.31 bits per heavy atom. The van der Waals surface area contributed by atoms with Gasteiger partial charge in [-0.15, -0.1) is 0 Å². The SMILES string of the molecule is CCCC(C)(N)C(=O)Nc1ccc(C(=O)N(C)C2CCCCC2)c(Cl)c1. The molecule has 2 rings (SSSR count). The van der Waals surface area contributed by atoms with Crippen molar-refractivity contribution in [2.45, 2.75) is 70.4 Å². The molecule has 1 aromatic carbocycles. The van der Waals surface area contributed by atoms with Gasteiger partial charge >= 0.3 is 0 Å². The largest absolute Gasteiger partial charge is 0.339 e. The van der Waals surface area contributed by atoms with Gasteiger partial charge in [-0.05, 0) is 44.4 Å². The van der Waals surface area contributed by atoms with E-state index in [0.717, 1.165) is 32.1 Å². The maximum atomic E-state index is 12.8. The van der Waals surface area contributed by atoms with Crippen LogP contribution >= 0.6 is 11.6 Å². The first-order valence-electron chi connectivity index (χ1n) is 9.43. The van der Waals surface area contributed by atoms with Crippen molar-refractivity contribution >= 4 is 29.1 Å². The first kappa shape index (κ1) is 20.7. The molecule has 0 saturated heterocycles. The Balaban J connectivity index is 2.08. The van der Waals surface area contributed by atoms with Crippen LogP contribution in [0.4, 0.5) is 5.69 Å². The van der Waals surface area contributed by atoms with E-state index in [4.69, 9.17) is 17.3 Å². The number of carbonyl (C=O) groups excluding carboxylic acids is 2. The van der Waals surface area contributed by atoms with Crippen LogP contribution < -0.4 is 11.1 Å². The number of rotatable bonds is 6. The summed E-state index contributed by atoms with van der Waals surface area (Å²) in [5.74, 6) is -0.330. The molecule has 1 saturated carbocycles. The van der Waals surface area contributed by atoms with Crippen molar-refractivity contribution in [2.24, 2.45) is 5.73 Å². The van der Waals surface area contributed by atoms with Crippen molar-refractivity contribution in [2.75, 3.05) is 12.4 Å². The molecule has 0 spiro atoms. The van der Waals surface area contributed by atoms with Crippen LogP contribution in [0.15, 0.2) is 18.2 Å². The highest BCUT2D eigenvalue weighted by molar-refractivity contribution is 6.34. The molecular formula is C20H30ClN3O2. The van der Waals surface area contributed by atoms with Crippen molar-refractivity contribution < 1.29 is 9.59 Å². The monoisotopic (exact) mass is 379 g/mol. The Kier molecular flexibility index (Phi) is 7.07. The number of nitrogens with one attached hydrogen (secondary N) is 1. The molecule has 0 bridgehead atoms. The Bertz CT molecular complexity index is 654. The van der Waals surface area contributed by atoms with Gasteiger partial charge in [-0.1, -0.05) is 44.2 Å². The molecule has 2 amide bonds. The fourth-order valence-electron chi connectivity index (χ4n) is 3.50. The van der Waals surface area contributed by atoms with Crippen LogP contribution in [0.5, 0.6) is 0 Å². The maximum absolute atomic E-state index is 12.8. The summed E-state index contributed by atoms with van der Waals surface area (Å²) >= 11 is 6.34. The van der Waals surface area contributed by atoms with Gasteiger partial charge in [0, 0.05) is 18.8 Å². The molecule has 0 heterocycles. The number of anilines is 1. The third-order valence-electron chi connectivity index (χ3n) is 5.19. The second-order valence-corrected chi connectivity index (χ2v) is 7.93. The van der Waals surface area contributed by atoms with Crippen LogP contribution in [-0.4, -0.2) is 35.3 Å². The fourth-order valence-corrected chi connectivity index (χ4v) is 3.76. The number of amides is 2. The van der Waals surface area contributed by atoms with E-state index in [1.54, 1.807) is 30.0 Å². The molecule has 1 aromatic rings. The zero-order valence-electron chi connectivity index (χ0n) is 16.0. The van der Waals surface area contributed by atoms with Gasteiger partial charge in [-0.2, -0.15) is 0 Å². The van der Waals surface area contributed by atoms with Crippen molar-refractivity contribution in [3.8, 4) is 0 Å². The van der Waals surface area contributed by atoms with Gasteiger partial charge in [0.2, 0.25) is 5.91 Å². The molecule has 0 aliphatic heterocycles. The Labute approximate surface area is 161 Å². The lowest BCUT2D eigenvalue weighted by Crippen LogP contribution is -2.48. The molecule has 3 N–H and O–H groups in total. The summed E-state index contributed by atoms with van der Waals surface area (Å²) in [5.41, 5.74) is 6.12. The van der Waals surface area contributed by atoms with Crippen LogP contribution in [0.25, 0.3) is 0 Å². The smallest absolute Gasteiger partial charge is 0.255 e. The molecule has 0 radical (unpaired) electrons. The zero-order valence-corrected chi connectivity index (χ0v) is 16.7. The normalized spacial score (nSPS) is 17.4. The molecular weight excluding hydrogens is 350 g/mol. The minimum atomic E-state index is -0.934. The molecule has 144 valence electrons. The molecule has 1 atom stereocenters. The van der Waals surface area contributed by atoms with Gasteiger partial charge in [0.25, 0.3) is 5.91 Å². The number of carbonyl (C=O) groups is 2. The summed E-state index contributed by atoms with van der Waals surface area (Å²) in [6, 6.07) is 5.27. The van der Waals surface area contributed by atoms with Gasteiger partial charge in [0.15, 0.2) is 0 Å². The van der Waals surface area contributed by atoms with Gasteiger partial charge in [0.05, 0.1) is 16.1 Å². The van der Waals surface area contributed by atoms with Crippen LogP contribution in [-0.2, 0) is 4.79 Å². The van der Waals surface area contributed by atoms with Crippen molar-refractivity contribution in [1.29, 1.82) is 0 Å². The molecule has 1 aliphatic carbocycles. The molecule has 1 unspecified atom stereocenters. The Morgan fingerprint density at radius 3 is 2.54 bits per heavy atom. The average molecular weight is 380 g/mol. The van der Waals surface area contributed by atoms with E-state index in [-0.39, 0.29) is 17.9 Å². The predicted molar refractivity (Wildman–Crippen MR) is 107 cm³/mol. The van der Waals surface area contributed by atoms with E-state index in [2.05, 4.69) is 5.32 Å². The van der Waals surface area contributed by atoms with E-state index >= 15 is 0 Å². The van der Waals surface area contributed by atoms with Crippen molar-refractivity contribution in [3.05, 3.63) is 28.8 Å². The molecule has 6 heteroatoms. The average Bonchev–Trinajstić information content (AvgIpc) is 2.61. The third-order valence-corrected chi connectivity index (χ3v) is 5.50. The first-order chi connectivity index (χ1) is 12.3. The van der Waals surface area contributed by atoms with E-state index in [1.807, 2.05) is 14.0 Å². The number of nitrogens with zero attached hydrogens (tertiary/aromatic N) is 1. The Hall–Kier alpha value is -1.59. The highest BCUT2D eigenvalue weighted by atomic mass is 35.5. The summed E-state index contributed by atoms with van der Waals surface area (Å²) in [6.07, 6.45) is 7.07. The maximum Gasteiger partial charge on any atom is 0.255 e. The molecule has 1 fully saturated rings. The standard InChI is InChI=1S/C20H30ClN3O2/c1-4-12-20(2,22)19(26)23-14-10-11-16(17(21)13-14)18(25)24(3)15-8-6-5-7-9-15/h10-11,13,15H,4-9,12,22H2,1-3H3,(H,23,26). The number of benzene rings is 1. The summed E-state index contributed by atoms with van der Waals surface area (Å²) in [5, 5.41) is 3.13. The van der Waals surface area contributed by atoms with E-state index in [1.165, 1.54) is 6.42 Å². The number of hydrogen-bond donors (Lipinski definition) is 2. The minimum absolute atomic E-state index is 0.0746. The predicted octanol–water partition coefficient (Wildman–Crippen LogP) is 4.20. The quantitative estimate of drug-likeness (QED) is 0.777. The van der Waals surface area contributed by atoms with E-state index < -0.39 is 5.54 Å². The van der Waals surface area contributed by atoms with Gasteiger partial charge < -0.3 is 16.0 Å². The van der Waals surface area contributed by atoms with Gasteiger partial charge in [0.1, 0.15) is 0 Å². The van der Waals surface area contributed by atoms with Crippen molar-refractivity contribution in [1.82, 2.24) is 4.90 Å². The molecule has 5 nitrogen and oxygen atoms in total.